The van der Waals surface area contributed by atoms with Crippen molar-refractivity contribution >= 4 is 28.2 Å². The van der Waals surface area contributed by atoms with E-state index in [1.54, 1.807) is 18.0 Å². The van der Waals surface area contributed by atoms with Gasteiger partial charge in [0.05, 0.1) is 0 Å². The van der Waals surface area contributed by atoms with Crippen LogP contribution in [0.4, 0.5) is 5.13 Å². The molecule has 1 atom stereocenters. The second-order valence-corrected chi connectivity index (χ2v) is 5.67. The van der Waals surface area contributed by atoms with Gasteiger partial charge in [-0.3, -0.25) is 4.98 Å². The molecule has 1 unspecified atom stereocenters. The fourth-order valence-corrected chi connectivity index (χ4v) is 3.26. The number of pyridine rings is 1. The van der Waals surface area contributed by atoms with Crippen LogP contribution in [0.2, 0.25) is 0 Å². The van der Waals surface area contributed by atoms with E-state index in [1.807, 2.05) is 12.3 Å². The summed E-state index contributed by atoms with van der Waals surface area (Å²) in [5, 5.41) is 8.70. The molecule has 6 heteroatoms. The predicted octanol–water partition coefficient (Wildman–Crippen LogP) is 2.76. The summed E-state index contributed by atoms with van der Waals surface area (Å²) in [6, 6.07) is 4.03. The Hall–Kier alpha value is -1.14. The SMILES string of the molecule is CCC(Sc1nnc(N)s1)c1cccnc1. The molecule has 2 aromatic heterocycles. The minimum Gasteiger partial charge on any atom is -0.374 e. The van der Waals surface area contributed by atoms with Crippen molar-refractivity contribution in [2.24, 2.45) is 0 Å². The van der Waals surface area contributed by atoms with Gasteiger partial charge in [-0.1, -0.05) is 36.1 Å². The van der Waals surface area contributed by atoms with E-state index in [9.17, 15) is 0 Å². The van der Waals surface area contributed by atoms with Crippen LogP contribution in [0.5, 0.6) is 0 Å². The topological polar surface area (TPSA) is 64.7 Å². The predicted molar refractivity (Wildman–Crippen MR) is 67.4 cm³/mol. The van der Waals surface area contributed by atoms with Gasteiger partial charge in [-0.15, -0.1) is 10.2 Å². The summed E-state index contributed by atoms with van der Waals surface area (Å²) >= 11 is 3.11. The summed E-state index contributed by atoms with van der Waals surface area (Å²) in [5.74, 6) is 0. The number of nitrogens with two attached hydrogens (primary N) is 1. The Bertz CT molecular complexity index is 443. The summed E-state index contributed by atoms with van der Waals surface area (Å²) in [6.07, 6.45) is 4.70. The van der Waals surface area contributed by atoms with Gasteiger partial charge < -0.3 is 5.73 Å². The highest BCUT2D eigenvalue weighted by Gasteiger charge is 2.13. The molecule has 0 fully saturated rings. The van der Waals surface area contributed by atoms with Crippen LogP contribution < -0.4 is 5.73 Å². The third kappa shape index (κ3) is 2.70. The molecule has 0 saturated carbocycles. The van der Waals surface area contributed by atoms with Crippen LogP contribution >= 0.6 is 23.1 Å². The van der Waals surface area contributed by atoms with Crippen LogP contribution in [-0.2, 0) is 0 Å². The van der Waals surface area contributed by atoms with E-state index in [4.69, 9.17) is 5.73 Å². The van der Waals surface area contributed by atoms with Gasteiger partial charge in [0, 0.05) is 17.6 Å². The Balaban J connectivity index is 2.12. The van der Waals surface area contributed by atoms with Crippen LogP contribution in [0.25, 0.3) is 0 Å². The first-order valence-corrected chi connectivity index (χ1v) is 6.64. The zero-order chi connectivity index (χ0) is 11.4. The van der Waals surface area contributed by atoms with Gasteiger partial charge in [0.25, 0.3) is 0 Å². The minimum atomic E-state index is 0.362. The second kappa shape index (κ2) is 5.27. The maximum atomic E-state index is 5.55. The quantitative estimate of drug-likeness (QED) is 0.848. The van der Waals surface area contributed by atoms with Gasteiger partial charge >= 0.3 is 0 Å². The maximum Gasteiger partial charge on any atom is 0.203 e. The Kier molecular flexibility index (Phi) is 3.74. The van der Waals surface area contributed by atoms with Crippen LogP contribution in [-0.4, -0.2) is 15.2 Å². The summed E-state index contributed by atoms with van der Waals surface area (Å²) in [7, 11) is 0. The number of nitrogens with zero attached hydrogens (tertiary/aromatic N) is 3. The van der Waals surface area contributed by atoms with Gasteiger partial charge in [0.1, 0.15) is 0 Å². The highest BCUT2D eigenvalue weighted by molar-refractivity contribution is 8.01. The average Bonchev–Trinajstić information content (AvgIpc) is 2.73. The number of thioether (sulfide) groups is 1. The van der Waals surface area contributed by atoms with Crippen molar-refractivity contribution in [1.82, 2.24) is 15.2 Å². The molecule has 2 aromatic rings. The third-order valence-corrected chi connectivity index (χ3v) is 4.35. The molecule has 0 spiro atoms. The molecule has 0 aliphatic carbocycles. The fraction of sp³-hybridized carbons (Fsp3) is 0.300. The summed E-state index contributed by atoms with van der Waals surface area (Å²) in [6.45, 7) is 2.15. The highest BCUT2D eigenvalue weighted by Crippen LogP contribution is 2.38. The van der Waals surface area contributed by atoms with E-state index in [-0.39, 0.29) is 0 Å². The molecule has 0 amide bonds. The van der Waals surface area contributed by atoms with E-state index in [1.165, 1.54) is 16.9 Å². The summed E-state index contributed by atoms with van der Waals surface area (Å²) < 4.78 is 0.910. The Morgan fingerprint density at radius 2 is 2.38 bits per heavy atom. The molecular weight excluding hydrogens is 240 g/mol. The van der Waals surface area contributed by atoms with Crippen molar-refractivity contribution in [3.8, 4) is 0 Å². The second-order valence-electron chi connectivity index (χ2n) is 3.21. The van der Waals surface area contributed by atoms with Crippen molar-refractivity contribution in [1.29, 1.82) is 0 Å². The number of hydrogen-bond acceptors (Lipinski definition) is 6. The lowest BCUT2D eigenvalue weighted by Crippen LogP contribution is -1.92. The van der Waals surface area contributed by atoms with E-state index in [2.05, 4.69) is 28.2 Å². The molecule has 2 rings (SSSR count). The van der Waals surface area contributed by atoms with Crippen molar-refractivity contribution in [3.63, 3.8) is 0 Å². The molecule has 0 bridgehead atoms. The number of anilines is 1. The average molecular weight is 252 g/mol. The molecule has 0 aliphatic rings. The lowest BCUT2D eigenvalue weighted by molar-refractivity contribution is 0.882. The molecule has 0 radical (unpaired) electrons. The van der Waals surface area contributed by atoms with E-state index >= 15 is 0 Å². The van der Waals surface area contributed by atoms with Crippen molar-refractivity contribution in [3.05, 3.63) is 30.1 Å². The van der Waals surface area contributed by atoms with E-state index < -0.39 is 0 Å². The first-order chi connectivity index (χ1) is 7.79. The van der Waals surface area contributed by atoms with Crippen molar-refractivity contribution in [2.45, 2.75) is 22.9 Å². The van der Waals surface area contributed by atoms with Crippen LogP contribution in [0.1, 0.15) is 24.2 Å². The molecule has 0 aromatic carbocycles. The monoisotopic (exact) mass is 252 g/mol. The van der Waals surface area contributed by atoms with Gasteiger partial charge in [0.2, 0.25) is 5.13 Å². The normalized spacial score (nSPS) is 12.6. The van der Waals surface area contributed by atoms with Crippen LogP contribution in [0, 0.1) is 0 Å². The molecule has 16 heavy (non-hydrogen) atoms. The zero-order valence-electron chi connectivity index (χ0n) is 8.83. The number of rotatable bonds is 4. The largest absolute Gasteiger partial charge is 0.374 e. The first-order valence-electron chi connectivity index (χ1n) is 4.95. The van der Waals surface area contributed by atoms with Gasteiger partial charge in [-0.25, -0.2) is 0 Å². The molecule has 2 heterocycles. The zero-order valence-corrected chi connectivity index (χ0v) is 10.5. The van der Waals surface area contributed by atoms with Gasteiger partial charge in [0.15, 0.2) is 4.34 Å². The molecule has 0 saturated heterocycles. The number of aromatic nitrogens is 3. The van der Waals surface area contributed by atoms with Crippen LogP contribution in [0.15, 0.2) is 28.9 Å². The summed E-state index contributed by atoms with van der Waals surface area (Å²) in [5.41, 5.74) is 6.77. The summed E-state index contributed by atoms with van der Waals surface area (Å²) in [4.78, 5) is 4.13. The van der Waals surface area contributed by atoms with E-state index in [0.717, 1.165) is 10.8 Å². The first kappa shape index (κ1) is 11.3. The van der Waals surface area contributed by atoms with Gasteiger partial charge in [-0.2, -0.15) is 0 Å². The highest BCUT2D eigenvalue weighted by atomic mass is 32.2. The Labute approximate surface area is 102 Å². The lowest BCUT2D eigenvalue weighted by Gasteiger charge is -2.11. The number of nitrogen functional groups attached to an aromatic ring is 1. The Morgan fingerprint density at radius 3 is 2.94 bits per heavy atom. The van der Waals surface area contributed by atoms with E-state index in [0.29, 0.717) is 10.4 Å². The molecule has 2 N–H and O–H groups in total. The Morgan fingerprint density at radius 1 is 1.50 bits per heavy atom. The standard InChI is InChI=1S/C10H12N4S2/c1-2-8(7-4-3-5-12-6-7)15-10-14-13-9(11)16-10/h3-6,8H,2H2,1H3,(H2,11,13). The molecule has 0 aliphatic heterocycles. The minimum absolute atomic E-state index is 0.362. The molecule has 84 valence electrons. The smallest absolute Gasteiger partial charge is 0.203 e. The van der Waals surface area contributed by atoms with Crippen molar-refractivity contribution < 1.29 is 0 Å². The maximum absolute atomic E-state index is 5.55. The van der Waals surface area contributed by atoms with Gasteiger partial charge in [-0.05, 0) is 18.1 Å². The fourth-order valence-electron chi connectivity index (χ4n) is 1.34. The molecular formula is C10H12N4S2. The number of hydrogen-bond donors (Lipinski definition) is 1. The van der Waals surface area contributed by atoms with Crippen molar-refractivity contribution in [2.75, 3.05) is 5.73 Å². The van der Waals surface area contributed by atoms with Crippen LogP contribution in [0.3, 0.4) is 0 Å². The lowest BCUT2D eigenvalue weighted by atomic mass is 10.2. The molecule has 4 nitrogen and oxygen atoms in total. The third-order valence-electron chi connectivity index (χ3n) is 2.09.